The summed E-state index contributed by atoms with van der Waals surface area (Å²) in [6.07, 6.45) is 1.70. The van der Waals surface area contributed by atoms with Crippen molar-refractivity contribution in [3.05, 3.63) is 16.4 Å². The Hall–Kier alpha value is -0.390. The standard InChI is InChI=1S/C7H10BrN3O/c1-11-6(5(8)2-10-11)7(12)3-9-4-7/h2,9,12H,3-4H2,1H3. The molecule has 1 aliphatic heterocycles. The van der Waals surface area contributed by atoms with Gasteiger partial charge in [0.25, 0.3) is 0 Å². The summed E-state index contributed by atoms with van der Waals surface area (Å²) in [5.74, 6) is 0. The molecule has 0 aliphatic carbocycles. The van der Waals surface area contributed by atoms with Gasteiger partial charge in [-0.1, -0.05) is 0 Å². The van der Waals surface area contributed by atoms with Crippen LogP contribution in [0.25, 0.3) is 0 Å². The summed E-state index contributed by atoms with van der Waals surface area (Å²) in [4.78, 5) is 0. The van der Waals surface area contributed by atoms with Crippen LogP contribution >= 0.6 is 15.9 Å². The second-order valence-electron chi connectivity index (χ2n) is 3.10. The van der Waals surface area contributed by atoms with Crippen LogP contribution in [0.5, 0.6) is 0 Å². The minimum atomic E-state index is -0.732. The normalized spacial score (nSPS) is 20.6. The molecule has 1 fully saturated rings. The zero-order chi connectivity index (χ0) is 8.77. The number of aliphatic hydroxyl groups is 1. The van der Waals surface area contributed by atoms with Crippen molar-refractivity contribution in [2.75, 3.05) is 13.1 Å². The van der Waals surface area contributed by atoms with E-state index in [0.717, 1.165) is 10.2 Å². The second-order valence-corrected chi connectivity index (χ2v) is 3.95. The van der Waals surface area contributed by atoms with E-state index in [1.807, 2.05) is 7.05 Å². The van der Waals surface area contributed by atoms with Gasteiger partial charge < -0.3 is 10.4 Å². The quantitative estimate of drug-likeness (QED) is 0.715. The van der Waals surface area contributed by atoms with Crippen LogP contribution in [-0.2, 0) is 12.6 Å². The Morgan fingerprint density at radius 3 is 2.75 bits per heavy atom. The van der Waals surface area contributed by atoms with Gasteiger partial charge in [-0.05, 0) is 15.9 Å². The van der Waals surface area contributed by atoms with Gasteiger partial charge in [-0.15, -0.1) is 0 Å². The van der Waals surface area contributed by atoms with Crippen LogP contribution in [0.4, 0.5) is 0 Å². The third kappa shape index (κ3) is 1.01. The minimum Gasteiger partial charge on any atom is -0.381 e. The van der Waals surface area contributed by atoms with Crippen LogP contribution in [-0.4, -0.2) is 28.0 Å². The molecule has 0 spiro atoms. The molecular formula is C7H10BrN3O. The van der Waals surface area contributed by atoms with E-state index in [-0.39, 0.29) is 0 Å². The van der Waals surface area contributed by atoms with Crippen molar-refractivity contribution in [2.24, 2.45) is 7.05 Å². The van der Waals surface area contributed by atoms with Crippen LogP contribution < -0.4 is 5.32 Å². The number of halogens is 1. The van der Waals surface area contributed by atoms with Gasteiger partial charge in [-0.3, -0.25) is 4.68 Å². The fraction of sp³-hybridized carbons (Fsp3) is 0.571. The summed E-state index contributed by atoms with van der Waals surface area (Å²) in [7, 11) is 1.83. The van der Waals surface area contributed by atoms with Crippen molar-refractivity contribution < 1.29 is 5.11 Å². The first-order chi connectivity index (χ1) is 5.63. The Kier molecular flexibility index (Phi) is 1.75. The summed E-state index contributed by atoms with van der Waals surface area (Å²) in [5, 5.41) is 17.1. The highest BCUT2D eigenvalue weighted by Gasteiger charge is 2.40. The molecule has 4 nitrogen and oxygen atoms in total. The van der Waals surface area contributed by atoms with Gasteiger partial charge in [-0.25, -0.2) is 0 Å². The van der Waals surface area contributed by atoms with E-state index in [1.165, 1.54) is 0 Å². The molecule has 1 aromatic rings. The van der Waals surface area contributed by atoms with Gasteiger partial charge in [-0.2, -0.15) is 5.10 Å². The van der Waals surface area contributed by atoms with E-state index in [0.29, 0.717) is 13.1 Å². The lowest BCUT2D eigenvalue weighted by Gasteiger charge is -2.37. The predicted molar refractivity (Wildman–Crippen MR) is 47.7 cm³/mol. The summed E-state index contributed by atoms with van der Waals surface area (Å²) >= 11 is 3.36. The van der Waals surface area contributed by atoms with Gasteiger partial charge in [0.1, 0.15) is 5.60 Å². The molecule has 2 rings (SSSR count). The Morgan fingerprint density at radius 2 is 2.42 bits per heavy atom. The molecule has 66 valence electrons. The molecule has 12 heavy (non-hydrogen) atoms. The van der Waals surface area contributed by atoms with Crippen LogP contribution in [0.15, 0.2) is 10.7 Å². The predicted octanol–water partition coefficient (Wildman–Crippen LogP) is -0.0266. The molecule has 0 unspecified atom stereocenters. The number of hydrogen-bond acceptors (Lipinski definition) is 3. The number of aryl methyl sites for hydroxylation is 1. The highest BCUT2D eigenvalue weighted by molar-refractivity contribution is 9.10. The van der Waals surface area contributed by atoms with Gasteiger partial charge >= 0.3 is 0 Å². The first-order valence-electron chi connectivity index (χ1n) is 3.74. The zero-order valence-electron chi connectivity index (χ0n) is 6.71. The number of hydrogen-bond donors (Lipinski definition) is 2. The smallest absolute Gasteiger partial charge is 0.132 e. The highest BCUT2D eigenvalue weighted by atomic mass is 79.9. The fourth-order valence-corrected chi connectivity index (χ4v) is 2.18. The van der Waals surface area contributed by atoms with Crippen molar-refractivity contribution in [3.63, 3.8) is 0 Å². The average Bonchev–Trinajstić information content (AvgIpc) is 2.27. The summed E-state index contributed by atoms with van der Waals surface area (Å²) in [6, 6.07) is 0. The Morgan fingerprint density at radius 1 is 1.75 bits per heavy atom. The van der Waals surface area contributed by atoms with Crippen LogP contribution in [0.1, 0.15) is 5.69 Å². The summed E-state index contributed by atoms with van der Waals surface area (Å²) in [6.45, 7) is 1.20. The number of aromatic nitrogens is 2. The average molecular weight is 232 g/mol. The first-order valence-corrected chi connectivity index (χ1v) is 4.54. The molecule has 0 aromatic carbocycles. The molecule has 5 heteroatoms. The van der Waals surface area contributed by atoms with E-state index in [1.54, 1.807) is 10.9 Å². The lowest BCUT2D eigenvalue weighted by atomic mass is 9.93. The number of nitrogens with one attached hydrogen (secondary N) is 1. The Labute approximate surface area is 78.7 Å². The maximum Gasteiger partial charge on any atom is 0.132 e. The Balaban J connectivity index is 2.44. The van der Waals surface area contributed by atoms with Gasteiger partial charge in [0.05, 0.1) is 16.4 Å². The highest BCUT2D eigenvalue weighted by Crippen LogP contribution is 2.30. The fourth-order valence-electron chi connectivity index (χ4n) is 1.46. The molecule has 1 aliphatic rings. The van der Waals surface area contributed by atoms with Crippen LogP contribution in [0, 0.1) is 0 Å². The molecular weight excluding hydrogens is 222 g/mol. The molecule has 1 aromatic heterocycles. The molecule has 0 saturated carbocycles. The first kappa shape index (κ1) is 8.22. The molecule has 2 N–H and O–H groups in total. The molecule has 0 bridgehead atoms. The van der Waals surface area contributed by atoms with Crippen LogP contribution in [0.2, 0.25) is 0 Å². The molecule has 2 heterocycles. The molecule has 0 atom stereocenters. The third-order valence-corrected chi connectivity index (χ3v) is 2.75. The van der Waals surface area contributed by atoms with Crippen molar-refractivity contribution in [1.29, 1.82) is 0 Å². The SMILES string of the molecule is Cn1ncc(Br)c1C1(O)CNC1. The van der Waals surface area contributed by atoms with Crippen molar-refractivity contribution in [3.8, 4) is 0 Å². The van der Waals surface area contributed by atoms with E-state index < -0.39 is 5.60 Å². The van der Waals surface area contributed by atoms with Gasteiger partial charge in [0.15, 0.2) is 0 Å². The maximum absolute atomic E-state index is 9.98. The van der Waals surface area contributed by atoms with Gasteiger partial charge in [0.2, 0.25) is 0 Å². The lowest BCUT2D eigenvalue weighted by molar-refractivity contribution is -0.0224. The number of β-amino-alcohol motifs (C(OH)–C–C–N with tert-alkyl or cyclic N) is 1. The zero-order valence-corrected chi connectivity index (χ0v) is 8.30. The minimum absolute atomic E-state index is 0.602. The largest absolute Gasteiger partial charge is 0.381 e. The lowest BCUT2D eigenvalue weighted by Crippen LogP contribution is -2.57. The number of nitrogens with zero attached hydrogens (tertiary/aromatic N) is 2. The van der Waals surface area contributed by atoms with Crippen molar-refractivity contribution in [1.82, 2.24) is 15.1 Å². The van der Waals surface area contributed by atoms with E-state index in [4.69, 9.17) is 0 Å². The summed E-state index contributed by atoms with van der Waals surface area (Å²) in [5.41, 5.74) is 0.116. The summed E-state index contributed by atoms with van der Waals surface area (Å²) < 4.78 is 2.57. The maximum atomic E-state index is 9.98. The van der Waals surface area contributed by atoms with Crippen molar-refractivity contribution in [2.45, 2.75) is 5.60 Å². The number of rotatable bonds is 1. The monoisotopic (exact) mass is 231 g/mol. The molecule has 0 radical (unpaired) electrons. The van der Waals surface area contributed by atoms with E-state index in [2.05, 4.69) is 26.3 Å². The van der Waals surface area contributed by atoms with E-state index >= 15 is 0 Å². The molecule has 1 saturated heterocycles. The van der Waals surface area contributed by atoms with Gasteiger partial charge in [0, 0.05) is 20.1 Å². The second kappa shape index (κ2) is 2.55. The Bertz CT molecular complexity index is 286. The molecule has 0 amide bonds. The van der Waals surface area contributed by atoms with Crippen LogP contribution in [0.3, 0.4) is 0 Å². The van der Waals surface area contributed by atoms with E-state index in [9.17, 15) is 5.11 Å². The van der Waals surface area contributed by atoms with Crippen molar-refractivity contribution >= 4 is 15.9 Å². The topological polar surface area (TPSA) is 50.1 Å². The third-order valence-electron chi connectivity index (χ3n) is 2.17.